The van der Waals surface area contributed by atoms with E-state index in [0.717, 1.165) is 5.92 Å². The third kappa shape index (κ3) is 2.77. The van der Waals surface area contributed by atoms with Gasteiger partial charge in [-0.05, 0) is 50.0 Å². The maximum atomic E-state index is 2.61. The quantitative estimate of drug-likeness (QED) is 0.773. The van der Waals surface area contributed by atoms with Crippen LogP contribution in [-0.4, -0.2) is 18.0 Å². The highest BCUT2D eigenvalue weighted by Gasteiger charge is 2.20. The van der Waals surface area contributed by atoms with E-state index in [1.54, 1.807) is 5.70 Å². The van der Waals surface area contributed by atoms with Gasteiger partial charge in [0.15, 0.2) is 0 Å². The van der Waals surface area contributed by atoms with Gasteiger partial charge in [-0.15, -0.1) is 0 Å². The van der Waals surface area contributed by atoms with Crippen LogP contribution in [0.4, 0.5) is 0 Å². The Morgan fingerprint density at radius 3 is 2.50 bits per heavy atom. The molecule has 0 amide bonds. The van der Waals surface area contributed by atoms with Crippen LogP contribution in [0.25, 0.3) is 0 Å². The maximum Gasteiger partial charge on any atom is 0.0175 e. The Balaban J connectivity index is 1.56. The number of hydrogen-bond acceptors (Lipinski definition) is 1. The summed E-state index contributed by atoms with van der Waals surface area (Å²) in [5, 5.41) is 0. The van der Waals surface area contributed by atoms with Crippen molar-refractivity contribution in [3.8, 4) is 0 Å². The molecule has 1 heteroatoms. The zero-order valence-corrected chi connectivity index (χ0v) is 11.1. The highest BCUT2D eigenvalue weighted by Crippen LogP contribution is 2.29. The van der Waals surface area contributed by atoms with E-state index in [4.69, 9.17) is 0 Å². The molecule has 1 unspecified atom stereocenters. The molecule has 1 aromatic carbocycles. The Bertz CT molecular complexity index is 401. The average Bonchev–Trinajstić information content (AvgIpc) is 2.95. The SMILES string of the molecule is C1=C(N2CCCC2)CCC(Cc2ccccc2)C1. The molecule has 1 nitrogen and oxygen atoms in total. The largest absolute Gasteiger partial charge is 0.375 e. The highest BCUT2D eigenvalue weighted by atomic mass is 15.1. The Morgan fingerprint density at radius 1 is 1.06 bits per heavy atom. The lowest BCUT2D eigenvalue weighted by Crippen LogP contribution is -2.22. The first-order valence-corrected chi connectivity index (χ1v) is 7.40. The Morgan fingerprint density at radius 2 is 1.83 bits per heavy atom. The number of nitrogens with zero attached hydrogens (tertiary/aromatic N) is 1. The fraction of sp³-hybridized carbons (Fsp3) is 0.529. The van der Waals surface area contributed by atoms with Crippen molar-refractivity contribution in [1.29, 1.82) is 0 Å². The van der Waals surface area contributed by atoms with Gasteiger partial charge in [0, 0.05) is 18.8 Å². The summed E-state index contributed by atoms with van der Waals surface area (Å²) in [6, 6.07) is 10.9. The lowest BCUT2D eigenvalue weighted by Gasteiger charge is -2.28. The first kappa shape index (κ1) is 11.8. The monoisotopic (exact) mass is 241 g/mol. The molecule has 0 spiro atoms. The van der Waals surface area contributed by atoms with Gasteiger partial charge in [0.1, 0.15) is 0 Å². The van der Waals surface area contributed by atoms with E-state index in [-0.39, 0.29) is 0 Å². The van der Waals surface area contributed by atoms with E-state index >= 15 is 0 Å². The van der Waals surface area contributed by atoms with Crippen LogP contribution in [0.15, 0.2) is 42.1 Å². The van der Waals surface area contributed by atoms with Gasteiger partial charge in [-0.25, -0.2) is 0 Å². The maximum absolute atomic E-state index is 2.61. The van der Waals surface area contributed by atoms with Crippen LogP contribution in [0.2, 0.25) is 0 Å². The predicted molar refractivity (Wildman–Crippen MR) is 76.4 cm³/mol. The summed E-state index contributed by atoms with van der Waals surface area (Å²) < 4.78 is 0. The number of rotatable bonds is 3. The smallest absolute Gasteiger partial charge is 0.0175 e. The Hall–Kier alpha value is -1.24. The number of allylic oxidation sites excluding steroid dienone is 2. The van der Waals surface area contributed by atoms with Crippen molar-refractivity contribution in [2.24, 2.45) is 5.92 Å². The summed E-state index contributed by atoms with van der Waals surface area (Å²) in [5.74, 6) is 0.860. The molecule has 1 atom stereocenters. The second-order valence-electron chi connectivity index (χ2n) is 5.72. The summed E-state index contributed by atoms with van der Waals surface area (Å²) >= 11 is 0. The van der Waals surface area contributed by atoms with Crippen molar-refractivity contribution in [3.63, 3.8) is 0 Å². The van der Waals surface area contributed by atoms with E-state index in [0.29, 0.717) is 0 Å². The van der Waals surface area contributed by atoms with Gasteiger partial charge in [0.05, 0.1) is 0 Å². The number of benzene rings is 1. The van der Waals surface area contributed by atoms with E-state index in [9.17, 15) is 0 Å². The van der Waals surface area contributed by atoms with E-state index < -0.39 is 0 Å². The molecule has 3 rings (SSSR count). The van der Waals surface area contributed by atoms with Crippen LogP contribution in [0.1, 0.15) is 37.7 Å². The molecule has 2 aliphatic rings. The number of hydrogen-bond donors (Lipinski definition) is 0. The minimum atomic E-state index is 0.860. The molecule has 1 heterocycles. The first-order chi connectivity index (χ1) is 8.92. The molecule has 1 aromatic rings. The molecule has 96 valence electrons. The van der Waals surface area contributed by atoms with E-state index in [1.165, 1.54) is 57.2 Å². The van der Waals surface area contributed by atoms with Crippen molar-refractivity contribution in [3.05, 3.63) is 47.7 Å². The summed E-state index contributed by atoms with van der Waals surface area (Å²) in [6.07, 6.45) is 10.5. The zero-order chi connectivity index (χ0) is 12.2. The van der Waals surface area contributed by atoms with Gasteiger partial charge in [-0.1, -0.05) is 36.4 Å². The van der Waals surface area contributed by atoms with Crippen LogP contribution in [0, 0.1) is 5.92 Å². The van der Waals surface area contributed by atoms with Crippen molar-refractivity contribution in [1.82, 2.24) is 4.90 Å². The molecule has 0 bridgehead atoms. The first-order valence-electron chi connectivity index (χ1n) is 7.40. The van der Waals surface area contributed by atoms with Crippen molar-refractivity contribution < 1.29 is 0 Å². The molecule has 1 aliphatic carbocycles. The van der Waals surface area contributed by atoms with Gasteiger partial charge in [0.25, 0.3) is 0 Å². The molecular weight excluding hydrogens is 218 g/mol. The third-order valence-electron chi connectivity index (χ3n) is 4.37. The van der Waals surface area contributed by atoms with Gasteiger partial charge >= 0.3 is 0 Å². The molecule has 1 saturated heterocycles. The molecular formula is C17H23N. The van der Waals surface area contributed by atoms with Crippen molar-refractivity contribution in [2.45, 2.75) is 38.5 Å². The van der Waals surface area contributed by atoms with Gasteiger partial charge in [0.2, 0.25) is 0 Å². The average molecular weight is 241 g/mol. The minimum absolute atomic E-state index is 0.860. The number of likely N-dealkylation sites (tertiary alicyclic amines) is 1. The summed E-state index contributed by atoms with van der Waals surface area (Å²) in [5.41, 5.74) is 3.14. The van der Waals surface area contributed by atoms with Gasteiger partial charge < -0.3 is 4.90 Å². The topological polar surface area (TPSA) is 3.24 Å². The zero-order valence-electron chi connectivity index (χ0n) is 11.1. The van der Waals surface area contributed by atoms with E-state index in [1.807, 2.05) is 0 Å². The normalized spacial score (nSPS) is 24.1. The second kappa shape index (κ2) is 5.60. The molecule has 18 heavy (non-hydrogen) atoms. The molecule has 0 radical (unpaired) electrons. The van der Waals surface area contributed by atoms with Gasteiger partial charge in [-0.3, -0.25) is 0 Å². The Kier molecular flexibility index (Phi) is 3.68. The van der Waals surface area contributed by atoms with Crippen molar-refractivity contribution in [2.75, 3.05) is 13.1 Å². The molecule has 0 aromatic heterocycles. The fourth-order valence-electron chi connectivity index (χ4n) is 3.30. The second-order valence-corrected chi connectivity index (χ2v) is 5.72. The highest BCUT2D eigenvalue weighted by molar-refractivity contribution is 5.16. The summed E-state index contributed by atoms with van der Waals surface area (Å²) in [7, 11) is 0. The third-order valence-corrected chi connectivity index (χ3v) is 4.37. The fourth-order valence-corrected chi connectivity index (χ4v) is 3.30. The predicted octanol–water partition coefficient (Wildman–Crippen LogP) is 4.01. The minimum Gasteiger partial charge on any atom is -0.375 e. The van der Waals surface area contributed by atoms with Crippen LogP contribution in [0.5, 0.6) is 0 Å². The van der Waals surface area contributed by atoms with Crippen LogP contribution in [0.3, 0.4) is 0 Å². The molecule has 1 fully saturated rings. The molecule has 0 N–H and O–H groups in total. The lowest BCUT2D eigenvalue weighted by atomic mass is 9.87. The lowest BCUT2D eigenvalue weighted by molar-refractivity contribution is 0.359. The molecule has 1 aliphatic heterocycles. The van der Waals surface area contributed by atoms with Crippen molar-refractivity contribution >= 4 is 0 Å². The Labute approximate surface area is 111 Å². The van der Waals surface area contributed by atoms with Crippen LogP contribution < -0.4 is 0 Å². The molecule has 0 saturated carbocycles. The van der Waals surface area contributed by atoms with Gasteiger partial charge in [-0.2, -0.15) is 0 Å². The standard InChI is InChI=1S/C17H23N/c1-2-6-15(7-3-1)14-16-8-10-17(11-9-16)18-12-4-5-13-18/h1-3,6-7,10,16H,4-5,8-9,11-14H2. The van der Waals surface area contributed by atoms with E-state index in [2.05, 4.69) is 41.3 Å². The van der Waals surface area contributed by atoms with Crippen LogP contribution >= 0.6 is 0 Å². The summed E-state index contributed by atoms with van der Waals surface area (Å²) in [6.45, 7) is 2.60. The summed E-state index contributed by atoms with van der Waals surface area (Å²) in [4.78, 5) is 2.61. The van der Waals surface area contributed by atoms with Crippen LogP contribution in [-0.2, 0) is 6.42 Å².